The molecule has 7 nitrogen and oxygen atoms in total. The van der Waals surface area contributed by atoms with E-state index >= 15 is 0 Å². The minimum absolute atomic E-state index is 0.0961. The molecule has 0 unspecified atom stereocenters. The number of rotatable bonds is 3. The summed E-state index contributed by atoms with van der Waals surface area (Å²) in [6.07, 6.45) is 4.59. The number of aromatic nitrogens is 5. The molecule has 8 heteroatoms. The van der Waals surface area contributed by atoms with Crippen LogP contribution in [0.4, 0.5) is 4.39 Å². The van der Waals surface area contributed by atoms with Crippen molar-refractivity contribution >= 4 is 5.52 Å². The molecule has 0 bridgehead atoms. The van der Waals surface area contributed by atoms with Crippen LogP contribution in [-0.4, -0.2) is 31.3 Å². The van der Waals surface area contributed by atoms with E-state index in [-0.39, 0.29) is 11.6 Å². The van der Waals surface area contributed by atoms with E-state index in [4.69, 9.17) is 4.74 Å². The average molecular weight is 351 g/mol. The zero-order chi connectivity index (χ0) is 18.3. The van der Waals surface area contributed by atoms with Gasteiger partial charge in [-0.2, -0.15) is 9.78 Å². The summed E-state index contributed by atoms with van der Waals surface area (Å²) in [6.45, 7) is 1.75. The first kappa shape index (κ1) is 15.9. The molecular formula is C18H14FN5O2. The molecule has 0 aromatic carbocycles. The van der Waals surface area contributed by atoms with Gasteiger partial charge in [0.2, 0.25) is 0 Å². The van der Waals surface area contributed by atoms with Crippen LogP contribution in [0, 0.1) is 12.7 Å². The predicted octanol–water partition coefficient (Wildman–Crippen LogP) is 2.40. The van der Waals surface area contributed by atoms with Crippen molar-refractivity contribution in [3.8, 4) is 22.8 Å². The monoisotopic (exact) mass is 351 g/mol. The molecule has 4 aromatic heterocycles. The molecule has 0 fully saturated rings. The van der Waals surface area contributed by atoms with Crippen molar-refractivity contribution < 1.29 is 9.13 Å². The van der Waals surface area contributed by atoms with Gasteiger partial charge in [-0.05, 0) is 31.2 Å². The van der Waals surface area contributed by atoms with Crippen molar-refractivity contribution in [2.45, 2.75) is 6.92 Å². The summed E-state index contributed by atoms with van der Waals surface area (Å²) in [5, 5.41) is 4.17. The van der Waals surface area contributed by atoms with E-state index in [1.807, 2.05) is 0 Å². The second kappa shape index (κ2) is 6.07. The van der Waals surface area contributed by atoms with Gasteiger partial charge in [0.15, 0.2) is 11.6 Å². The van der Waals surface area contributed by atoms with Crippen molar-refractivity contribution in [2.75, 3.05) is 7.11 Å². The van der Waals surface area contributed by atoms with E-state index in [1.165, 1.54) is 22.4 Å². The van der Waals surface area contributed by atoms with Gasteiger partial charge in [0.05, 0.1) is 18.8 Å². The minimum Gasteiger partial charge on any atom is -0.479 e. The summed E-state index contributed by atoms with van der Waals surface area (Å²) in [4.78, 5) is 20.9. The van der Waals surface area contributed by atoms with Crippen molar-refractivity contribution in [3.05, 3.63) is 70.9 Å². The van der Waals surface area contributed by atoms with E-state index in [0.717, 1.165) is 0 Å². The molecule has 0 radical (unpaired) electrons. The lowest BCUT2D eigenvalue weighted by Gasteiger charge is -2.07. The Labute approximate surface area is 147 Å². The van der Waals surface area contributed by atoms with Crippen LogP contribution in [0.25, 0.3) is 22.5 Å². The van der Waals surface area contributed by atoms with Crippen LogP contribution in [0.3, 0.4) is 0 Å². The molecule has 0 saturated heterocycles. The van der Waals surface area contributed by atoms with Crippen LogP contribution in [0.15, 0.2) is 53.7 Å². The number of hydrogen-bond donors (Lipinski definition) is 0. The lowest BCUT2D eigenvalue weighted by Crippen LogP contribution is -2.28. The highest BCUT2D eigenvalue weighted by Gasteiger charge is 2.18. The third-order valence-electron chi connectivity index (χ3n) is 4.16. The Kier molecular flexibility index (Phi) is 3.72. The molecule has 0 amide bonds. The topological polar surface area (TPSA) is 74.3 Å². The number of ether oxygens (including phenoxy) is 1. The molecule has 130 valence electrons. The van der Waals surface area contributed by atoms with Gasteiger partial charge in [0.1, 0.15) is 0 Å². The smallest absolute Gasteiger partial charge is 0.355 e. The number of aryl methyl sites for hydroxylation is 1. The number of methoxy groups -OCH3 is 1. The lowest BCUT2D eigenvalue weighted by molar-refractivity contribution is 0.370. The molecule has 0 atom stereocenters. The van der Waals surface area contributed by atoms with E-state index < -0.39 is 5.82 Å². The summed E-state index contributed by atoms with van der Waals surface area (Å²) >= 11 is 0. The van der Waals surface area contributed by atoms with Crippen LogP contribution in [0.2, 0.25) is 0 Å². The third kappa shape index (κ3) is 2.34. The van der Waals surface area contributed by atoms with Crippen LogP contribution < -0.4 is 10.4 Å². The van der Waals surface area contributed by atoms with Crippen LogP contribution in [0.1, 0.15) is 5.69 Å². The molecule has 0 aliphatic carbocycles. The maximum absolute atomic E-state index is 14.6. The number of fused-ring (bicyclic) bond motifs is 1. The minimum atomic E-state index is -0.577. The Bertz CT molecular complexity index is 1170. The van der Waals surface area contributed by atoms with Gasteiger partial charge in [0, 0.05) is 29.2 Å². The molecule has 0 aliphatic rings. The zero-order valence-electron chi connectivity index (χ0n) is 14.0. The normalized spacial score (nSPS) is 11.0. The fourth-order valence-corrected chi connectivity index (χ4v) is 2.92. The summed E-state index contributed by atoms with van der Waals surface area (Å²) in [5.74, 6) is -0.265. The Morgan fingerprint density at radius 1 is 1.12 bits per heavy atom. The maximum Gasteiger partial charge on any atom is 0.355 e. The van der Waals surface area contributed by atoms with E-state index in [2.05, 4.69) is 15.1 Å². The SMILES string of the molecule is COc1nccc(-c2cc3cnn(-c4ccccn4)c(=O)n3c2C)c1F. The maximum atomic E-state index is 14.6. The summed E-state index contributed by atoms with van der Waals surface area (Å²) < 4.78 is 22.2. The molecule has 0 N–H and O–H groups in total. The lowest BCUT2D eigenvalue weighted by atomic mass is 10.1. The molecule has 4 aromatic rings. The largest absolute Gasteiger partial charge is 0.479 e. The standard InChI is InChI=1S/C18H14FN5O2/c1-11-14(13-6-8-21-17(26-2)16(13)19)9-12-10-22-24(18(25)23(11)12)15-5-3-4-7-20-15/h3-10H,1-2H3. The first-order valence-corrected chi connectivity index (χ1v) is 7.82. The van der Waals surface area contributed by atoms with Crippen molar-refractivity contribution in [2.24, 2.45) is 0 Å². The van der Waals surface area contributed by atoms with Gasteiger partial charge in [-0.3, -0.25) is 4.40 Å². The van der Waals surface area contributed by atoms with Gasteiger partial charge in [-0.15, -0.1) is 0 Å². The van der Waals surface area contributed by atoms with Crippen molar-refractivity contribution in [1.82, 2.24) is 24.1 Å². The fourth-order valence-electron chi connectivity index (χ4n) is 2.92. The third-order valence-corrected chi connectivity index (χ3v) is 4.16. The molecule has 0 spiro atoms. The van der Waals surface area contributed by atoms with Gasteiger partial charge >= 0.3 is 5.69 Å². The van der Waals surface area contributed by atoms with Gasteiger partial charge in [-0.1, -0.05) is 6.07 Å². The van der Waals surface area contributed by atoms with Crippen LogP contribution >= 0.6 is 0 Å². The average Bonchev–Trinajstić information content (AvgIpc) is 3.00. The van der Waals surface area contributed by atoms with Gasteiger partial charge < -0.3 is 4.74 Å². The molecule has 0 saturated carbocycles. The first-order valence-electron chi connectivity index (χ1n) is 7.82. The molecule has 0 aliphatic heterocycles. The van der Waals surface area contributed by atoms with E-state index in [9.17, 15) is 9.18 Å². The van der Waals surface area contributed by atoms with Crippen molar-refractivity contribution in [1.29, 1.82) is 0 Å². The van der Waals surface area contributed by atoms with Crippen LogP contribution in [0.5, 0.6) is 5.88 Å². The Morgan fingerprint density at radius 2 is 1.96 bits per heavy atom. The van der Waals surface area contributed by atoms with Crippen molar-refractivity contribution in [3.63, 3.8) is 0 Å². The molecule has 26 heavy (non-hydrogen) atoms. The number of pyridine rings is 2. The summed E-state index contributed by atoms with van der Waals surface area (Å²) in [5.41, 5.74) is 1.64. The highest BCUT2D eigenvalue weighted by molar-refractivity contribution is 5.74. The molecule has 4 rings (SSSR count). The van der Waals surface area contributed by atoms with Gasteiger partial charge in [0.25, 0.3) is 5.88 Å². The highest BCUT2D eigenvalue weighted by atomic mass is 19.1. The van der Waals surface area contributed by atoms with E-state index in [0.29, 0.717) is 28.2 Å². The highest BCUT2D eigenvalue weighted by Crippen LogP contribution is 2.31. The van der Waals surface area contributed by atoms with E-state index in [1.54, 1.807) is 49.6 Å². The predicted molar refractivity (Wildman–Crippen MR) is 93.1 cm³/mol. The summed E-state index contributed by atoms with van der Waals surface area (Å²) in [7, 11) is 1.35. The number of hydrogen-bond acceptors (Lipinski definition) is 5. The number of nitrogens with zero attached hydrogens (tertiary/aromatic N) is 5. The zero-order valence-corrected chi connectivity index (χ0v) is 14.0. The fraction of sp³-hybridized carbons (Fsp3) is 0.111. The van der Waals surface area contributed by atoms with Gasteiger partial charge in [-0.25, -0.2) is 19.2 Å². The molecular weight excluding hydrogens is 337 g/mol. The molecule has 4 heterocycles. The second-order valence-corrected chi connectivity index (χ2v) is 5.61. The second-order valence-electron chi connectivity index (χ2n) is 5.61. The van der Waals surface area contributed by atoms with Crippen LogP contribution in [-0.2, 0) is 0 Å². The quantitative estimate of drug-likeness (QED) is 0.567. The number of halogens is 1. The Hall–Kier alpha value is -3.55. The Morgan fingerprint density at radius 3 is 2.69 bits per heavy atom. The summed E-state index contributed by atoms with van der Waals surface area (Å²) in [6, 6.07) is 8.47. The first-order chi connectivity index (χ1) is 12.6. The Balaban J connectivity index is 1.97.